The van der Waals surface area contributed by atoms with Crippen LogP contribution in [0.25, 0.3) is 0 Å². The minimum Gasteiger partial charge on any atom is -0.397 e. The average molecular weight is 278 g/mol. The molecular weight excluding hydrogens is 264 g/mol. The lowest BCUT2D eigenvalue weighted by molar-refractivity contribution is -0.115. The van der Waals surface area contributed by atoms with Crippen LogP contribution in [-0.2, 0) is 4.79 Å². The van der Waals surface area contributed by atoms with Gasteiger partial charge in [0.05, 0.1) is 16.9 Å². The van der Waals surface area contributed by atoms with Gasteiger partial charge in [-0.2, -0.15) is 0 Å². The lowest BCUT2D eigenvalue weighted by Crippen LogP contribution is -2.12. The third-order valence-corrected chi connectivity index (χ3v) is 3.18. The first-order chi connectivity index (χ1) is 9.13. The number of rotatable bonds is 5. The van der Waals surface area contributed by atoms with Gasteiger partial charge in [0, 0.05) is 18.2 Å². The van der Waals surface area contributed by atoms with E-state index in [1.54, 1.807) is 25.3 Å². The number of aryl methyl sites for hydroxylation is 1. The zero-order valence-electron chi connectivity index (χ0n) is 10.4. The van der Waals surface area contributed by atoms with Crippen molar-refractivity contribution >= 4 is 29.2 Å². The Morgan fingerprint density at radius 1 is 1.53 bits per heavy atom. The Bertz CT molecular complexity index is 553. The van der Waals surface area contributed by atoms with Crippen LogP contribution < -0.4 is 11.1 Å². The van der Waals surface area contributed by atoms with E-state index in [9.17, 15) is 4.79 Å². The summed E-state index contributed by atoms with van der Waals surface area (Å²) in [7, 11) is 0. The molecule has 0 aliphatic carbocycles. The Kier molecular flexibility index (Phi) is 4.40. The van der Waals surface area contributed by atoms with Crippen molar-refractivity contribution in [2.75, 3.05) is 16.8 Å². The molecule has 7 heteroatoms. The first-order valence-electron chi connectivity index (χ1n) is 5.71. The number of aromatic nitrogens is 2. The van der Waals surface area contributed by atoms with Gasteiger partial charge in [0.25, 0.3) is 0 Å². The second-order valence-corrected chi connectivity index (χ2v) is 5.01. The number of carbonyl (C=O) groups is 1. The molecule has 2 aromatic heterocycles. The van der Waals surface area contributed by atoms with Crippen LogP contribution in [0.4, 0.5) is 11.5 Å². The van der Waals surface area contributed by atoms with E-state index in [1.165, 1.54) is 11.8 Å². The van der Waals surface area contributed by atoms with Gasteiger partial charge in [-0.15, -0.1) is 11.8 Å². The minimum atomic E-state index is -0.101. The second kappa shape index (κ2) is 6.24. The molecule has 0 fully saturated rings. The minimum absolute atomic E-state index is 0.101. The van der Waals surface area contributed by atoms with E-state index in [4.69, 9.17) is 10.3 Å². The van der Waals surface area contributed by atoms with Crippen molar-refractivity contribution in [3.8, 4) is 0 Å². The fourth-order valence-electron chi connectivity index (χ4n) is 1.36. The van der Waals surface area contributed by atoms with Gasteiger partial charge in [-0.05, 0) is 19.1 Å². The second-order valence-electron chi connectivity index (χ2n) is 3.90. The summed E-state index contributed by atoms with van der Waals surface area (Å²) in [4.78, 5) is 15.8. The van der Waals surface area contributed by atoms with Crippen molar-refractivity contribution in [2.45, 2.75) is 18.4 Å². The lowest BCUT2D eigenvalue weighted by atomic mass is 10.4. The van der Waals surface area contributed by atoms with Gasteiger partial charge in [-0.25, -0.2) is 4.98 Å². The highest BCUT2D eigenvalue weighted by atomic mass is 32.2. The summed E-state index contributed by atoms with van der Waals surface area (Å²) in [6, 6.07) is 5.29. The van der Waals surface area contributed by atoms with Crippen LogP contribution in [-0.4, -0.2) is 21.8 Å². The smallest absolute Gasteiger partial charge is 0.226 e. The zero-order chi connectivity index (χ0) is 13.7. The molecule has 3 N–H and O–H groups in total. The summed E-state index contributed by atoms with van der Waals surface area (Å²) in [5.74, 6) is 1.64. The molecule has 0 bridgehead atoms. The van der Waals surface area contributed by atoms with Crippen LogP contribution in [0.5, 0.6) is 0 Å². The molecule has 2 heterocycles. The first-order valence-corrected chi connectivity index (χ1v) is 6.69. The Hall–Kier alpha value is -2.02. The number of thioether (sulfide) groups is 1. The molecule has 0 spiro atoms. The molecule has 0 aromatic carbocycles. The SMILES string of the molecule is Cc1cc(NC(=O)CCSc2ccc(N)cn2)no1. The number of nitrogens with one attached hydrogen (secondary N) is 1. The molecule has 0 radical (unpaired) electrons. The van der Waals surface area contributed by atoms with Crippen LogP contribution in [0.2, 0.25) is 0 Å². The lowest BCUT2D eigenvalue weighted by Gasteiger charge is -2.01. The van der Waals surface area contributed by atoms with Gasteiger partial charge >= 0.3 is 0 Å². The Labute approximate surface area is 114 Å². The maximum absolute atomic E-state index is 11.6. The van der Waals surface area contributed by atoms with Crippen LogP contribution in [0.1, 0.15) is 12.2 Å². The molecule has 0 aliphatic rings. The van der Waals surface area contributed by atoms with Gasteiger partial charge < -0.3 is 15.6 Å². The molecule has 0 atom stereocenters. The number of nitrogens with zero attached hydrogens (tertiary/aromatic N) is 2. The summed E-state index contributed by atoms with van der Waals surface area (Å²) in [5.41, 5.74) is 6.17. The third-order valence-electron chi connectivity index (χ3n) is 2.23. The Morgan fingerprint density at radius 3 is 3.00 bits per heavy atom. The highest BCUT2D eigenvalue weighted by Gasteiger charge is 2.06. The predicted molar refractivity (Wildman–Crippen MR) is 73.9 cm³/mol. The van der Waals surface area contributed by atoms with Crippen molar-refractivity contribution < 1.29 is 9.32 Å². The van der Waals surface area contributed by atoms with Gasteiger partial charge in [0.2, 0.25) is 5.91 Å². The van der Waals surface area contributed by atoms with Gasteiger partial charge in [-0.1, -0.05) is 5.16 Å². The van der Waals surface area contributed by atoms with Crippen molar-refractivity contribution in [3.63, 3.8) is 0 Å². The quantitative estimate of drug-likeness (QED) is 0.813. The summed E-state index contributed by atoms with van der Waals surface area (Å²) in [5, 5.41) is 7.20. The summed E-state index contributed by atoms with van der Waals surface area (Å²) in [6.45, 7) is 1.77. The van der Waals surface area contributed by atoms with Gasteiger partial charge in [0.15, 0.2) is 5.82 Å². The number of hydrogen-bond donors (Lipinski definition) is 2. The molecule has 1 amide bonds. The van der Waals surface area contributed by atoms with E-state index in [2.05, 4.69) is 15.5 Å². The molecule has 19 heavy (non-hydrogen) atoms. The van der Waals surface area contributed by atoms with Crippen LogP contribution in [0.15, 0.2) is 33.9 Å². The summed E-state index contributed by atoms with van der Waals surface area (Å²) < 4.78 is 4.86. The van der Waals surface area contributed by atoms with Crippen LogP contribution in [0.3, 0.4) is 0 Å². The number of hydrogen-bond acceptors (Lipinski definition) is 6. The summed E-state index contributed by atoms with van der Waals surface area (Å²) in [6.07, 6.45) is 1.98. The maximum atomic E-state index is 11.6. The standard InChI is InChI=1S/C12H14N4O2S/c1-8-6-10(16-18-8)15-11(17)4-5-19-12-3-2-9(13)7-14-12/h2-3,6-7H,4-5,13H2,1H3,(H,15,16,17). The number of amides is 1. The van der Waals surface area contributed by atoms with Crippen LogP contribution >= 0.6 is 11.8 Å². The Balaban J connectivity index is 1.73. The fraction of sp³-hybridized carbons (Fsp3) is 0.250. The highest BCUT2D eigenvalue weighted by molar-refractivity contribution is 7.99. The molecule has 100 valence electrons. The molecule has 0 saturated carbocycles. The van der Waals surface area contributed by atoms with Crippen molar-refractivity contribution in [2.24, 2.45) is 0 Å². The number of anilines is 2. The third kappa shape index (κ3) is 4.29. The molecule has 0 unspecified atom stereocenters. The number of nitrogens with two attached hydrogens (primary N) is 1. The van der Waals surface area contributed by atoms with E-state index >= 15 is 0 Å². The molecular formula is C12H14N4O2S. The molecule has 2 aromatic rings. The van der Waals surface area contributed by atoms with Gasteiger partial charge in [0.1, 0.15) is 5.76 Å². The molecule has 0 aliphatic heterocycles. The number of nitrogen functional groups attached to an aromatic ring is 1. The largest absolute Gasteiger partial charge is 0.397 e. The van der Waals surface area contributed by atoms with E-state index in [-0.39, 0.29) is 5.91 Å². The normalized spacial score (nSPS) is 10.4. The van der Waals surface area contributed by atoms with E-state index in [1.807, 2.05) is 6.07 Å². The van der Waals surface area contributed by atoms with Crippen molar-refractivity contribution in [1.29, 1.82) is 0 Å². The molecule has 2 rings (SSSR count). The Morgan fingerprint density at radius 2 is 2.37 bits per heavy atom. The van der Waals surface area contributed by atoms with E-state index < -0.39 is 0 Å². The van der Waals surface area contributed by atoms with Crippen LogP contribution in [0, 0.1) is 6.92 Å². The summed E-state index contributed by atoms with van der Waals surface area (Å²) >= 11 is 1.50. The van der Waals surface area contributed by atoms with Gasteiger partial charge in [-0.3, -0.25) is 4.79 Å². The topological polar surface area (TPSA) is 94.0 Å². The number of pyridine rings is 1. The van der Waals surface area contributed by atoms with E-state index in [0.717, 1.165) is 5.03 Å². The molecule has 6 nitrogen and oxygen atoms in total. The van der Waals surface area contributed by atoms with Crippen molar-refractivity contribution in [3.05, 3.63) is 30.2 Å². The van der Waals surface area contributed by atoms with E-state index in [0.29, 0.717) is 29.4 Å². The monoisotopic (exact) mass is 278 g/mol. The average Bonchev–Trinajstić information content (AvgIpc) is 2.77. The zero-order valence-corrected chi connectivity index (χ0v) is 11.2. The van der Waals surface area contributed by atoms with Crippen molar-refractivity contribution in [1.82, 2.24) is 10.1 Å². The maximum Gasteiger partial charge on any atom is 0.226 e. The fourth-order valence-corrected chi connectivity index (χ4v) is 2.14. The number of carbonyl (C=O) groups excluding carboxylic acids is 1. The highest BCUT2D eigenvalue weighted by Crippen LogP contribution is 2.17. The molecule has 0 saturated heterocycles. The predicted octanol–water partition coefficient (Wildman–Crippen LogP) is 2.08. The first kappa shape index (κ1) is 13.4.